The predicted octanol–water partition coefficient (Wildman–Crippen LogP) is 1.89. The summed E-state index contributed by atoms with van der Waals surface area (Å²) in [7, 11) is 0. The first kappa shape index (κ1) is 12.9. The van der Waals surface area contributed by atoms with Crippen LogP contribution in [0.15, 0.2) is 6.20 Å². The van der Waals surface area contributed by atoms with Gasteiger partial charge in [-0.25, -0.2) is 0 Å². The maximum atomic E-state index is 12.5. The van der Waals surface area contributed by atoms with E-state index < -0.39 is 0 Å². The van der Waals surface area contributed by atoms with Gasteiger partial charge < -0.3 is 10.6 Å². The zero-order valence-electron chi connectivity index (χ0n) is 11.1. The molecule has 1 aromatic heterocycles. The third-order valence-electron chi connectivity index (χ3n) is 3.51. The van der Waals surface area contributed by atoms with E-state index in [4.69, 9.17) is 5.73 Å². The number of nitrogens with zero attached hydrogens (tertiary/aromatic N) is 3. The molecule has 0 atom stereocenters. The topological polar surface area (TPSA) is 64.2 Å². The Labute approximate surface area is 108 Å². The molecule has 1 aliphatic rings. The molecule has 1 fully saturated rings. The quantitative estimate of drug-likeness (QED) is 0.871. The number of carbonyl (C=O) groups excluding carboxylic acids is 1. The van der Waals surface area contributed by atoms with Crippen molar-refractivity contribution in [1.29, 1.82) is 0 Å². The van der Waals surface area contributed by atoms with E-state index >= 15 is 0 Å². The summed E-state index contributed by atoms with van der Waals surface area (Å²) in [6.07, 6.45) is 7.47. The van der Waals surface area contributed by atoms with E-state index in [1.165, 1.54) is 19.3 Å². The molecule has 1 aliphatic heterocycles. The van der Waals surface area contributed by atoms with Crippen molar-refractivity contribution < 1.29 is 4.79 Å². The molecule has 0 unspecified atom stereocenters. The lowest BCUT2D eigenvalue weighted by atomic mass is 10.1. The number of hydrogen-bond acceptors (Lipinski definition) is 3. The van der Waals surface area contributed by atoms with Crippen molar-refractivity contribution in [2.75, 3.05) is 18.8 Å². The van der Waals surface area contributed by atoms with Crippen molar-refractivity contribution in [2.45, 2.75) is 45.6 Å². The summed E-state index contributed by atoms with van der Waals surface area (Å²) in [5, 5.41) is 4.14. The molecule has 18 heavy (non-hydrogen) atoms. The fraction of sp³-hybridized carbons (Fsp3) is 0.692. The number of hydrogen-bond donors (Lipinski definition) is 1. The molecule has 1 amide bonds. The van der Waals surface area contributed by atoms with Crippen LogP contribution >= 0.6 is 0 Å². The van der Waals surface area contributed by atoms with Crippen LogP contribution in [-0.4, -0.2) is 33.7 Å². The van der Waals surface area contributed by atoms with E-state index in [0.717, 1.165) is 25.9 Å². The molecule has 0 spiro atoms. The van der Waals surface area contributed by atoms with E-state index in [0.29, 0.717) is 17.9 Å². The Morgan fingerprint density at radius 2 is 1.89 bits per heavy atom. The van der Waals surface area contributed by atoms with Crippen molar-refractivity contribution in [2.24, 2.45) is 0 Å². The number of anilines is 1. The van der Waals surface area contributed by atoms with Crippen molar-refractivity contribution in [3.05, 3.63) is 11.9 Å². The molecule has 1 aromatic rings. The zero-order chi connectivity index (χ0) is 13.0. The Balaban J connectivity index is 2.15. The average Bonchev–Trinajstić information content (AvgIpc) is 2.69. The molecule has 0 saturated carbocycles. The minimum absolute atomic E-state index is 0.0359. The number of likely N-dealkylation sites (tertiary alicyclic amines) is 1. The van der Waals surface area contributed by atoms with Crippen LogP contribution in [-0.2, 0) is 6.54 Å². The van der Waals surface area contributed by atoms with Crippen LogP contribution in [0.2, 0.25) is 0 Å². The zero-order valence-corrected chi connectivity index (χ0v) is 11.1. The van der Waals surface area contributed by atoms with E-state index in [2.05, 4.69) is 5.10 Å². The molecule has 100 valence electrons. The van der Waals surface area contributed by atoms with E-state index in [1.807, 2.05) is 11.8 Å². The lowest BCUT2D eigenvalue weighted by Crippen LogP contribution is -2.35. The SMILES string of the molecule is CCn1ncc(N)c1C(=O)N1CCCCCCC1. The van der Waals surface area contributed by atoms with Crippen LogP contribution in [0, 0.1) is 0 Å². The van der Waals surface area contributed by atoms with Gasteiger partial charge in [-0.3, -0.25) is 9.48 Å². The Kier molecular flexibility index (Phi) is 4.23. The van der Waals surface area contributed by atoms with Gasteiger partial charge in [0.05, 0.1) is 11.9 Å². The number of carbonyl (C=O) groups is 1. The Morgan fingerprint density at radius 1 is 1.28 bits per heavy atom. The first-order valence-corrected chi connectivity index (χ1v) is 6.84. The standard InChI is InChI=1S/C13H22N4O/c1-2-17-12(11(14)10-15-17)13(18)16-8-6-4-3-5-7-9-16/h10H,2-9,14H2,1H3. The molecule has 2 heterocycles. The smallest absolute Gasteiger partial charge is 0.274 e. The lowest BCUT2D eigenvalue weighted by molar-refractivity contribution is 0.0731. The minimum Gasteiger partial charge on any atom is -0.396 e. The van der Waals surface area contributed by atoms with Gasteiger partial charge in [0.1, 0.15) is 5.69 Å². The summed E-state index contributed by atoms with van der Waals surface area (Å²) in [5.41, 5.74) is 6.91. The van der Waals surface area contributed by atoms with Gasteiger partial charge in [0.25, 0.3) is 5.91 Å². The predicted molar refractivity (Wildman–Crippen MR) is 71.3 cm³/mol. The van der Waals surface area contributed by atoms with Crippen LogP contribution < -0.4 is 5.73 Å². The summed E-state index contributed by atoms with van der Waals surface area (Å²) < 4.78 is 1.69. The second-order valence-electron chi connectivity index (χ2n) is 4.82. The second-order valence-corrected chi connectivity index (χ2v) is 4.82. The molecule has 0 radical (unpaired) electrons. The summed E-state index contributed by atoms with van der Waals surface area (Å²) in [6.45, 7) is 4.32. The van der Waals surface area contributed by atoms with E-state index in [9.17, 15) is 4.79 Å². The van der Waals surface area contributed by atoms with E-state index in [-0.39, 0.29) is 5.91 Å². The number of nitrogen functional groups attached to an aromatic ring is 1. The van der Waals surface area contributed by atoms with Crippen molar-refractivity contribution in [1.82, 2.24) is 14.7 Å². The van der Waals surface area contributed by atoms with Gasteiger partial charge in [-0.05, 0) is 19.8 Å². The van der Waals surface area contributed by atoms with Gasteiger partial charge in [-0.15, -0.1) is 0 Å². The molecule has 5 nitrogen and oxygen atoms in total. The van der Waals surface area contributed by atoms with Gasteiger partial charge in [0.2, 0.25) is 0 Å². The van der Waals surface area contributed by atoms with E-state index in [1.54, 1.807) is 10.9 Å². The number of aromatic nitrogens is 2. The van der Waals surface area contributed by atoms with Crippen LogP contribution in [0.4, 0.5) is 5.69 Å². The molecule has 0 aliphatic carbocycles. The van der Waals surface area contributed by atoms with Crippen molar-refractivity contribution >= 4 is 11.6 Å². The summed E-state index contributed by atoms with van der Waals surface area (Å²) in [5.74, 6) is 0.0359. The monoisotopic (exact) mass is 250 g/mol. The molecule has 0 bridgehead atoms. The Bertz CT molecular complexity index is 405. The highest BCUT2D eigenvalue weighted by atomic mass is 16.2. The summed E-state index contributed by atoms with van der Waals surface area (Å²) in [4.78, 5) is 14.4. The van der Waals surface area contributed by atoms with Crippen LogP contribution in [0.5, 0.6) is 0 Å². The Morgan fingerprint density at radius 3 is 2.50 bits per heavy atom. The highest BCUT2D eigenvalue weighted by Gasteiger charge is 2.22. The molecular weight excluding hydrogens is 228 g/mol. The fourth-order valence-electron chi connectivity index (χ4n) is 2.47. The average molecular weight is 250 g/mol. The van der Waals surface area contributed by atoms with Gasteiger partial charge in [0, 0.05) is 19.6 Å². The first-order chi connectivity index (χ1) is 8.74. The van der Waals surface area contributed by atoms with Gasteiger partial charge in [0.15, 0.2) is 0 Å². The number of nitrogens with two attached hydrogens (primary N) is 1. The highest BCUT2D eigenvalue weighted by molar-refractivity contribution is 5.97. The normalized spacial score (nSPS) is 17.3. The fourth-order valence-corrected chi connectivity index (χ4v) is 2.47. The maximum Gasteiger partial charge on any atom is 0.274 e. The first-order valence-electron chi connectivity index (χ1n) is 6.84. The van der Waals surface area contributed by atoms with Gasteiger partial charge in [-0.2, -0.15) is 5.10 Å². The second kappa shape index (κ2) is 5.89. The number of aryl methyl sites for hydroxylation is 1. The number of rotatable bonds is 2. The van der Waals surface area contributed by atoms with Crippen LogP contribution in [0.25, 0.3) is 0 Å². The molecular formula is C13H22N4O. The lowest BCUT2D eigenvalue weighted by Gasteiger charge is -2.25. The van der Waals surface area contributed by atoms with Crippen molar-refractivity contribution in [3.8, 4) is 0 Å². The molecule has 2 N–H and O–H groups in total. The molecule has 1 saturated heterocycles. The van der Waals surface area contributed by atoms with Gasteiger partial charge in [-0.1, -0.05) is 19.3 Å². The van der Waals surface area contributed by atoms with Crippen LogP contribution in [0.1, 0.15) is 49.5 Å². The Hall–Kier alpha value is -1.52. The summed E-state index contributed by atoms with van der Waals surface area (Å²) in [6, 6.07) is 0. The maximum absolute atomic E-state index is 12.5. The third-order valence-corrected chi connectivity index (χ3v) is 3.51. The van der Waals surface area contributed by atoms with Crippen LogP contribution in [0.3, 0.4) is 0 Å². The summed E-state index contributed by atoms with van der Waals surface area (Å²) >= 11 is 0. The highest BCUT2D eigenvalue weighted by Crippen LogP contribution is 2.17. The number of amides is 1. The largest absolute Gasteiger partial charge is 0.396 e. The van der Waals surface area contributed by atoms with Gasteiger partial charge >= 0.3 is 0 Å². The van der Waals surface area contributed by atoms with Crippen molar-refractivity contribution in [3.63, 3.8) is 0 Å². The minimum atomic E-state index is 0.0359. The molecule has 0 aromatic carbocycles. The third kappa shape index (κ3) is 2.66. The molecule has 5 heteroatoms. The molecule has 2 rings (SSSR count).